The van der Waals surface area contributed by atoms with Crippen LogP contribution in [0.5, 0.6) is 5.75 Å². The van der Waals surface area contributed by atoms with E-state index in [1.54, 1.807) is 0 Å². The fourth-order valence-electron chi connectivity index (χ4n) is 2.18. The van der Waals surface area contributed by atoms with E-state index in [-0.39, 0.29) is 6.10 Å². The maximum absolute atomic E-state index is 10.1. The SMILES string of the molecule is CC(C)CCC(O)c1ccc(OCc2ccccc2)cc1. The van der Waals surface area contributed by atoms with Gasteiger partial charge in [-0.25, -0.2) is 0 Å². The van der Waals surface area contributed by atoms with Crippen LogP contribution < -0.4 is 4.74 Å². The molecule has 2 aromatic carbocycles. The number of hydrogen-bond acceptors (Lipinski definition) is 2. The summed E-state index contributed by atoms with van der Waals surface area (Å²) in [6.07, 6.45) is 1.46. The Hall–Kier alpha value is -1.80. The van der Waals surface area contributed by atoms with Gasteiger partial charge in [-0.15, -0.1) is 0 Å². The van der Waals surface area contributed by atoms with E-state index in [0.717, 1.165) is 29.7 Å². The van der Waals surface area contributed by atoms with Crippen molar-refractivity contribution >= 4 is 0 Å². The van der Waals surface area contributed by atoms with E-state index in [0.29, 0.717) is 12.5 Å². The van der Waals surface area contributed by atoms with E-state index in [1.165, 1.54) is 0 Å². The molecule has 0 saturated carbocycles. The molecule has 0 bridgehead atoms. The Labute approximate surface area is 127 Å². The number of hydrogen-bond donors (Lipinski definition) is 1. The third kappa shape index (κ3) is 5.24. The molecular formula is C19H24O2. The second-order valence-corrected chi connectivity index (χ2v) is 5.83. The van der Waals surface area contributed by atoms with Gasteiger partial charge in [0.25, 0.3) is 0 Å². The predicted molar refractivity (Wildman–Crippen MR) is 86.2 cm³/mol. The predicted octanol–water partition coefficient (Wildman–Crippen LogP) is 4.74. The van der Waals surface area contributed by atoms with E-state index >= 15 is 0 Å². The van der Waals surface area contributed by atoms with E-state index in [4.69, 9.17) is 4.74 Å². The Bertz CT molecular complexity index is 517. The molecule has 0 spiro atoms. The molecule has 1 unspecified atom stereocenters. The molecule has 0 heterocycles. The fourth-order valence-corrected chi connectivity index (χ4v) is 2.18. The van der Waals surface area contributed by atoms with Crippen molar-refractivity contribution in [3.63, 3.8) is 0 Å². The molecule has 21 heavy (non-hydrogen) atoms. The van der Waals surface area contributed by atoms with Crippen molar-refractivity contribution in [2.24, 2.45) is 5.92 Å². The molecular weight excluding hydrogens is 260 g/mol. The van der Waals surface area contributed by atoms with Gasteiger partial charge in [0, 0.05) is 0 Å². The second-order valence-electron chi connectivity index (χ2n) is 5.83. The number of ether oxygens (including phenoxy) is 1. The van der Waals surface area contributed by atoms with Crippen LogP contribution in [0.25, 0.3) is 0 Å². The molecule has 112 valence electrons. The van der Waals surface area contributed by atoms with Crippen LogP contribution in [0.1, 0.15) is 43.9 Å². The van der Waals surface area contributed by atoms with Gasteiger partial charge in [0.15, 0.2) is 0 Å². The largest absolute Gasteiger partial charge is 0.489 e. The Kier molecular flexibility index (Phi) is 5.82. The van der Waals surface area contributed by atoms with Crippen LogP contribution in [-0.4, -0.2) is 5.11 Å². The lowest BCUT2D eigenvalue weighted by molar-refractivity contribution is 0.159. The summed E-state index contributed by atoms with van der Waals surface area (Å²) in [7, 11) is 0. The Morgan fingerprint density at radius 1 is 0.905 bits per heavy atom. The van der Waals surface area contributed by atoms with Gasteiger partial charge in [0.05, 0.1) is 6.10 Å². The molecule has 2 nitrogen and oxygen atoms in total. The average Bonchev–Trinajstić information content (AvgIpc) is 2.52. The normalized spacial score (nSPS) is 12.4. The first-order valence-electron chi connectivity index (χ1n) is 7.60. The number of aliphatic hydroxyl groups is 1. The summed E-state index contributed by atoms with van der Waals surface area (Å²) >= 11 is 0. The molecule has 0 aliphatic rings. The zero-order chi connectivity index (χ0) is 15.1. The van der Waals surface area contributed by atoms with Gasteiger partial charge < -0.3 is 9.84 Å². The summed E-state index contributed by atoms with van der Waals surface area (Å²) in [5.41, 5.74) is 2.11. The lowest BCUT2D eigenvalue weighted by Crippen LogP contribution is -2.00. The third-order valence-electron chi connectivity index (χ3n) is 3.53. The fraction of sp³-hybridized carbons (Fsp3) is 0.368. The van der Waals surface area contributed by atoms with Crippen molar-refractivity contribution < 1.29 is 9.84 Å². The van der Waals surface area contributed by atoms with E-state index < -0.39 is 0 Å². The van der Waals surface area contributed by atoms with Crippen LogP contribution in [-0.2, 0) is 6.61 Å². The Morgan fingerprint density at radius 3 is 2.19 bits per heavy atom. The van der Waals surface area contributed by atoms with Gasteiger partial charge in [-0.3, -0.25) is 0 Å². The van der Waals surface area contributed by atoms with Crippen molar-refractivity contribution in [3.05, 3.63) is 65.7 Å². The maximum Gasteiger partial charge on any atom is 0.119 e. The Morgan fingerprint density at radius 2 is 1.57 bits per heavy atom. The van der Waals surface area contributed by atoms with Gasteiger partial charge in [-0.1, -0.05) is 56.3 Å². The molecule has 2 rings (SSSR count). The molecule has 1 atom stereocenters. The minimum atomic E-state index is -0.379. The van der Waals surface area contributed by atoms with Crippen molar-refractivity contribution in [3.8, 4) is 5.75 Å². The zero-order valence-corrected chi connectivity index (χ0v) is 12.8. The highest BCUT2D eigenvalue weighted by Crippen LogP contribution is 2.23. The Balaban J connectivity index is 1.87. The van der Waals surface area contributed by atoms with Crippen molar-refractivity contribution in [2.45, 2.75) is 39.4 Å². The molecule has 0 radical (unpaired) electrons. The number of aliphatic hydroxyl groups excluding tert-OH is 1. The molecule has 0 amide bonds. The molecule has 0 saturated heterocycles. The maximum atomic E-state index is 10.1. The van der Waals surface area contributed by atoms with Gasteiger partial charge in [0.2, 0.25) is 0 Å². The summed E-state index contributed by atoms with van der Waals surface area (Å²) in [6, 6.07) is 17.9. The summed E-state index contributed by atoms with van der Waals surface area (Å²) in [6.45, 7) is 4.91. The van der Waals surface area contributed by atoms with Crippen molar-refractivity contribution in [1.29, 1.82) is 0 Å². The van der Waals surface area contributed by atoms with E-state index in [9.17, 15) is 5.11 Å². The van der Waals surface area contributed by atoms with Gasteiger partial charge in [-0.2, -0.15) is 0 Å². The van der Waals surface area contributed by atoms with Gasteiger partial charge in [-0.05, 0) is 42.0 Å². The van der Waals surface area contributed by atoms with Gasteiger partial charge in [0.1, 0.15) is 12.4 Å². The molecule has 0 aromatic heterocycles. The summed E-state index contributed by atoms with van der Waals surface area (Å²) in [5.74, 6) is 1.45. The molecule has 1 N–H and O–H groups in total. The summed E-state index contributed by atoms with van der Waals surface area (Å²) in [5, 5.41) is 10.1. The number of rotatable bonds is 7. The van der Waals surface area contributed by atoms with Crippen LogP contribution in [0.15, 0.2) is 54.6 Å². The topological polar surface area (TPSA) is 29.5 Å². The van der Waals surface area contributed by atoms with Crippen molar-refractivity contribution in [1.82, 2.24) is 0 Å². The molecule has 0 fully saturated rings. The first-order valence-corrected chi connectivity index (χ1v) is 7.60. The first-order chi connectivity index (χ1) is 10.1. The standard InChI is InChI=1S/C19H24O2/c1-15(2)8-13-19(20)17-9-11-18(12-10-17)21-14-16-6-4-3-5-7-16/h3-7,9-12,15,19-20H,8,13-14H2,1-2H3. The second kappa shape index (κ2) is 7.84. The minimum Gasteiger partial charge on any atom is -0.489 e. The van der Waals surface area contributed by atoms with Gasteiger partial charge >= 0.3 is 0 Å². The lowest BCUT2D eigenvalue weighted by Gasteiger charge is -2.13. The summed E-state index contributed by atoms with van der Waals surface area (Å²) < 4.78 is 5.74. The van der Waals surface area contributed by atoms with Crippen LogP contribution >= 0.6 is 0 Å². The van der Waals surface area contributed by atoms with Crippen molar-refractivity contribution in [2.75, 3.05) is 0 Å². The molecule has 2 heteroatoms. The van der Waals surface area contributed by atoms with E-state index in [2.05, 4.69) is 13.8 Å². The minimum absolute atomic E-state index is 0.379. The zero-order valence-electron chi connectivity index (χ0n) is 12.8. The van der Waals surface area contributed by atoms with Crippen LogP contribution in [0, 0.1) is 5.92 Å². The highest BCUT2D eigenvalue weighted by molar-refractivity contribution is 5.29. The summed E-state index contributed by atoms with van der Waals surface area (Å²) in [4.78, 5) is 0. The molecule has 0 aliphatic carbocycles. The highest BCUT2D eigenvalue weighted by atomic mass is 16.5. The molecule has 2 aromatic rings. The van der Waals surface area contributed by atoms with Crippen LogP contribution in [0.4, 0.5) is 0 Å². The average molecular weight is 284 g/mol. The third-order valence-corrected chi connectivity index (χ3v) is 3.53. The van der Waals surface area contributed by atoms with Crippen LogP contribution in [0.2, 0.25) is 0 Å². The quantitative estimate of drug-likeness (QED) is 0.796. The molecule has 0 aliphatic heterocycles. The monoisotopic (exact) mass is 284 g/mol. The number of benzene rings is 2. The lowest BCUT2D eigenvalue weighted by atomic mass is 10.00. The van der Waals surface area contributed by atoms with E-state index in [1.807, 2.05) is 54.6 Å². The van der Waals surface area contributed by atoms with Crippen LogP contribution in [0.3, 0.4) is 0 Å². The highest BCUT2D eigenvalue weighted by Gasteiger charge is 2.08. The smallest absolute Gasteiger partial charge is 0.119 e. The first kappa shape index (κ1) is 15.6.